The summed E-state index contributed by atoms with van der Waals surface area (Å²) in [6.07, 6.45) is 0. The van der Waals surface area contributed by atoms with Crippen LogP contribution in [0.1, 0.15) is 10.5 Å². The summed E-state index contributed by atoms with van der Waals surface area (Å²) in [6, 6.07) is 1.86. The van der Waals surface area contributed by atoms with Crippen molar-refractivity contribution < 1.29 is 19.4 Å². The second-order valence-electron chi connectivity index (χ2n) is 2.11. The van der Waals surface area contributed by atoms with Crippen molar-refractivity contribution in [2.24, 2.45) is 0 Å². The molecule has 0 aliphatic carbocycles. The first-order valence-corrected chi connectivity index (χ1v) is 3.21. The van der Waals surface area contributed by atoms with Crippen molar-refractivity contribution in [2.45, 2.75) is 0 Å². The van der Waals surface area contributed by atoms with Crippen LogP contribution in [0.2, 0.25) is 0 Å². The molecule has 0 aromatic carbocycles. The van der Waals surface area contributed by atoms with E-state index in [1.807, 2.05) is 0 Å². The fourth-order valence-electron chi connectivity index (χ4n) is 0.749. The number of carboxylic acids is 1. The SMILES string of the molecule is O=COc1cc(=O)cc(C(=O)O)[nH]1. The Labute approximate surface area is 71.8 Å². The highest BCUT2D eigenvalue weighted by atomic mass is 16.5. The first kappa shape index (κ1) is 8.98. The molecule has 0 radical (unpaired) electrons. The maximum Gasteiger partial charge on any atom is 0.352 e. The van der Waals surface area contributed by atoms with Crippen LogP contribution in [0.3, 0.4) is 0 Å². The third-order valence-corrected chi connectivity index (χ3v) is 1.22. The van der Waals surface area contributed by atoms with Gasteiger partial charge in [-0.25, -0.2) is 4.79 Å². The minimum atomic E-state index is -1.30. The molecule has 0 atom stereocenters. The fraction of sp³-hybridized carbons (Fsp3) is 0. The van der Waals surface area contributed by atoms with E-state index < -0.39 is 11.4 Å². The number of aromatic amines is 1. The van der Waals surface area contributed by atoms with Crippen LogP contribution >= 0.6 is 0 Å². The molecule has 0 spiro atoms. The highest BCUT2D eigenvalue weighted by molar-refractivity contribution is 5.85. The smallest absolute Gasteiger partial charge is 0.352 e. The lowest BCUT2D eigenvalue weighted by molar-refractivity contribution is -0.120. The number of carbonyl (C=O) groups excluding carboxylic acids is 1. The zero-order valence-corrected chi connectivity index (χ0v) is 6.31. The Morgan fingerprint density at radius 2 is 2.23 bits per heavy atom. The molecule has 0 aliphatic heterocycles. The van der Waals surface area contributed by atoms with Crippen LogP contribution in [0, 0.1) is 0 Å². The van der Waals surface area contributed by atoms with E-state index in [1.54, 1.807) is 0 Å². The van der Waals surface area contributed by atoms with Crippen LogP contribution in [0.5, 0.6) is 5.88 Å². The van der Waals surface area contributed by atoms with Crippen molar-refractivity contribution in [1.29, 1.82) is 0 Å². The number of H-pyrrole nitrogens is 1. The Balaban J connectivity index is 3.18. The molecule has 1 heterocycles. The summed E-state index contributed by atoms with van der Waals surface area (Å²) in [5, 5.41) is 8.49. The molecular formula is C7H5NO5. The minimum Gasteiger partial charge on any atom is -0.477 e. The number of hydrogen-bond donors (Lipinski definition) is 2. The number of hydrogen-bond acceptors (Lipinski definition) is 4. The lowest BCUT2D eigenvalue weighted by atomic mass is 10.3. The average Bonchev–Trinajstić information content (AvgIpc) is 2.03. The molecule has 1 aromatic heterocycles. The van der Waals surface area contributed by atoms with E-state index in [2.05, 4.69) is 9.72 Å². The van der Waals surface area contributed by atoms with Gasteiger partial charge in [0.2, 0.25) is 5.88 Å². The highest BCUT2D eigenvalue weighted by Gasteiger charge is 2.05. The Bertz CT molecular complexity index is 394. The maximum atomic E-state index is 10.8. The normalized spacial score (nSPS) is 9.23. The average molecular weight is 183 g/mol. The zero-order chi connectivity index (χ0) is 9.84. The summed E-state index contributed by atoms with van der Waals surface area (Å²) >= 11 is 0. The van der Waals surface area contributed by atoms with Crippen molar-refractivity contribution in [3.63, 3.8) is 0 Å². The molecule has 0 unspecified atom stereocenters. The molecule has 6 nitrogen and oxygen atoms in total. The lowest BCUT2D eigenvalue weighted by Gasteiger charge is -1.98. The molecule has 6 heteroatoms. The van der Waals surface area contributed by atoms with Crippen molar-refractivity contribution in [2.75, 3.05) is 0 Å². The van der Waals surface area contributed by atoms with Crippen molar-refractivity contribution in [3.05, 3.63) is 28.0 Å². The first-order valence-electron chi connectivity index (χ1n) is 3.21. The van der Waals surface area contributed by atoms with Gasteiger partial charge in [0, 0.05) is 12.1 Å². The number of pyridine rings is 1. The summed E-state index contributed by atoms with van der Waals surface area (Å²) in [4.78, 5) is 33.3. The quantitative estimate of drug-likeness (QED) is 0.622. The van der Waals surface area contributed by atoms with Crippen LogP contribution in [0.15, 0.2) is 16.9 Å². The predicted octanol–water partition coefficient (Wildman–Crippen LogP) is -0.392. The second-order valence-corrected chi connectivity index (χ2v) is 2.11. The third kappa shape index (κ3) is 2.16. The summed E-state index contributed by atoms with van der Waals surface area (Å²) in [5.41, 5.74) is -0.877. The van der Waals surface area contributed by atoms with E-state index >= 15 is 0 Å². The van der Waals surface area contributed by atoms with Gasteiger partial charge in [0.25, 0.3) is 6.47 Å². The van der Waals surface area contributed by atoms with Gasteiger partial charge >= 0.3 is 5.97 Å². The van der Waals surface area contributed by atoms with Gasteiger partial charge < -0.3 is 14.8 Å². The lowest BCUT2D eigenvalue weighted by Crippen LogP contribution is -2.09. The van der Waals surface area contributed by atoms with E-state index in [0.717, 1.165) is 12.1 Å². The van der Waals surface area contributed by atoms with Gasteiger partial charge in [-0.15, -0.1) is 0 Å². The van der Waals surface area contributed by atoms with Crippen LogP contribution in [0.4, 0.5) is 0 Å². The Morgan fingerprint density at radius 3 is 2.77 bits per heavy atom. The van der Waals surface area contributed by atoms with E-state index in [4.69, 9.17) is 5.11 Å². The molecule has 0 saturated carbocycles. The first-order chi connectivity index (χ1) is 6.13. The Hall–Kier alpha value is -2.11. The predicted molar refractivity (Wildman–Crippen MR) is 40.7 cm³/mol. The van der Waals surface area contributed by atoms with Crippen LogP contribution < -0.4 is 10.2 Å². The Morgan fingerprint density at radius 1 is 1.54 bits per heavy atom. The summed E-state index contributed by atoms with van der Waals surface area (Å²) in [6.45, 7) is 0.0942. The third-order valence-electron chi connectivity index (χ3n) is 1.22. The van der Waals surface area contributed by atoms with Gasteiger partial charge in [-0.05, 0) is 0 Å². The zero-order valence-electron chi connectivity index (χ0n) is 6.31. The largest absolute Gasteiger partial charge is 0.477 e. The van der Waals surface area contributed by atoms with E-state index in [0.29, 0.717) is 0 Å². The molecule has 0 amide bonds. The van der Waals surface area contributed by atoms with E-state index in [-0.39, 0.29) is 18.0 Å². The maximum absolute atomic E-state index is 10.8. The number of rotatable bonds is 3. The summed E-state index contributed by atoms with van der Waals surface area (Å²) < 4.78 is 4.28. The molecule has 1 aromatic rings. The van der Waals surface area contributed by atoms with E-state index in [9.17, 15) is 14.4 Å². The molecule has 0 aliphatic rings. The number of aromatic nitrogens is 1. The molecule has 13 heavy (non-hydrogen) atoms. The van der Waals surface area contributed by atoms with Crippen molar-refractivity contribution >= 4 is 12.4 Å². The topological polar surface area (TPSA) is 96.5 Å². The second kappa shape index (κ2) is 3.53. The van der Waals surface area contributed by atoms with Gasteiger partial charge in [0.15, 0.2) is 5.43 Å². The van der Waals surface area contributed by atoms with Crippen LogP contribution in [-0.4, -0.2) is 22.5 Å². The molecule has 0 bridgehead atoms. The number of nitrogens with one attached hydrogen (secondary N) is 1. The summed E-state index contributed by atoms with van der Waals surface area (Å²) in [5.74, 6) is -1.49. The van der Waals surface area contributed by atoms with Crippen molar-refractivity contribution in [3.8, 4) is 5.88 Å². The number of ether oxygens (including phenoxy) is 1. The monoisotopic (exact) mass is 183 g/mol. The molecule has 68 valence electrons. The van der Waals surface area contributed by atoms with E-state index in [1.165, 1.54) is 0 Å². The van der Waals surface area contributed by atoms with Gasteiger partial charge in [-0.2, -0.15) is 0 Å². The Kier molecular flexibility index (Phi) is 2.44. The minimum absolute atomic E-state index is 0.0942. The van der Waals surface area contributed by atoms with Gasteiger partial charge in [0.05, 0.1) is 0 Å². The fourth-order valence-corrected chi connectivity index (χ4v) is 0.749. The van der Waals surface area contributed by atoms with Crippen LogP contribution in [0.25, 0.3) is 0 Å². The van der Waals surface area contributed by atoms with Gasteiger partial charge in [0.1, 0.15) is 5.69 Å². The number of carboxylic acid groups (broad SMARTS) is 1. The molecule has 1 rings (SSSR count). The highest BCUT2D eigenvalue weighted by Crippen LogP contribution is 2.02. The molecular weight excluding hydrogens is 178 g/mol. The van der Waals surface area contributed by atoms with Gasteiger partial charge in [-0.3, -0.25) is 9.59 Å². The summed E-state index contributed by atoms with van der Waals surface area (Å²) in [7, 11) is 0. The number of aromatic carboxylic acids is 1. The molecule has 2 N–H and O–H groups in total. The molecule has 0 fully saturated rings. The number of carbonyl (C=O) groups is 2. The van der Waals surface area contributed by atoms with Gasteiger partial charge in [-0.1, -0.05) is 0 Å². The molecule has 0 saturated heterocycles. The van der Waals surface area contributed by atoms with Crippen LogP contribution in [-0.2, 0) is 4.79 Å². The standard InChI is InChI=1S/C7H5NO5/c9-3-13-6-2-4(10)1-5(8-6)7(11)12/h1-3H,(H,8,10)(H,11,12). The van der Waals surface area contributed by atoms with Crippen molar-refractivity contribution in [1.82, 2.24) is 4.98 Å².